The van der Waals surface area contributed by atoms with Gasteiger partial charge in [0.05, 0.1) is 12.7 Å². The second kappa shape index (κ2) is 6.93. The van der Waals surface area contributed by atoms with Gasteiger partial charge in [-0.1, -0.05) is 0 Å². The lowest BCUT2D eigenvalue weighted by Crippen LogP contribution is -2.23. The van der Waals surface area contributed by atoms with Gasteiger partial charge in [-0.25, -0.2) is 4.79 Å². The Morgan fingerprint density at radius 2 is 1.95 bits per heavy atom. The van der Waals surface area contributed by atoms with E-state index >= 15 is 0 Å². The first-order chi connectivity index (χ1) is 10.6. The number of carbonyl (C=O) groups is 2. The highest BCUT2D eigenvalue weighted by Gasteiger charge is 2.17. The summed E-state index contributed by atoms with van der Waals surface area (Å²) in [6.45, 7) is 5.65. The highest BCUT2D eigenvalue weighted by molar-refractivity contribution is 5.93. The van der Waals surface area contributed by atoms with Crippen molar-refractivity contribution in [3.8, 4) is 11.3 Å². The van der Waals surface area contributed by atoms with Crippen molar-refractivity contribution in [1.29, 1.82) is 0 Å². The standard InChI is InChI=1S/C17H19NO4/c1-4-18(5-2)15-10-12(17(20)21-3)6-8-14(15)16-9-7-13(11-19)22-16/h6-11H,4-5H2,1-3H3. The molecule has 1 heterocycles. The lowest BCUT2D eigenvalue weighted by Gasteiger charge is -2.24. The summed E-state index contributed by atoms with van der Waals surface area (Å²) in [5.74, 6) is 0.492. The van der Waals surface area contributed by atoms with Crippen molar-refractivity contribution >= 4 is 17.9 Å². The lowest BCUT2D eigenvalue weighted by molar-refractivity contribution is 0.0600. The van der Waals surface area contributed by atoms with Crippen LogP contribution in [0.4, 0.5) is 5.69 Å². The summed E-state index contributed by atoms with van der Waals surface area (Å²) in [4.78, 5) is 24.7. The van der Waals surface area contributed by atoms with Gasteiger partial charge in [0, 0.05) is 24.3 Å². The molecule has 1 aromatic carbocycles. The minimum Gasteiger partial charge on any atom is -0.465 e. The SMILES string of the molecule is CCN(CC)c1cc(C(=O)OC)ccc1-c1ccc(C=O)o1. The predicted molar refractivity (Wildman–Crippen MR) is 84.4 cm³/mol. The smallest absolute Gasteiger partial charge is 0.337 e. The van der Waals surface area contributed by atoms with Gasteiger partial charge in [0.1, 0.15) is 5.76 Å². The molecule has 0 bridgehead atoms. The Morgan fingerprint density at radius 3 is 2.50 bits per heavy atom. The van der Waals surface area contributed by atoms with E-state index in [1.165, 1.54) is 7.11 Å². The third-order valence-electron chi connectivity index (χ3n) is 3.53. The fourth-order valence-electron chi connectivity index (χ4n) is 2.37. The highest BCUT2D eigenvalue weighted by atomic mass is 16.5. The quantitative estimate of drug-likeness (QED) is 0.604. The molecule has 116 valence electrons. The first kappa shape index (κ1) is 15.8. The Hall–Kier alpha value is -2.56. The zero-order valence-electron chi connectivity index (χ0n) is 13.0. The Labute approximate surface area is 129 Å². The van der Waals surface area contributed by atoms with Crippen LogP contribution in [0, 0.1) is 0 Å². The summed E-state index contributed by atoms with van der Waals surface area (Å²) in [7, 11) is 1.36. The summed E-state index contributed by atoms with van der Waals surface area (Å²) in [5, 5.41) is 0. The van der Waals surface area contributed by atoms with E-state index in [0.717, 1.165) is 24.3 Å². The Morgan fingerprint density at radius 1 is 1.23 bits per heavy atom. The van der Waals surface area contributed by atoms with E-state index in [1.54, 1.807) is 24.3 Å². The average molecular weight is 301 g/mol. The van der Waals surface area contributed by atoms with E-state index in [9.17, 15) is 9.59 Å². The molecule has 0 aliphatic rings. The summed E-state index contributed by atoms with van der Waals surface area (Å²) in [6.07, 6.45) is 0.670. The molecule has 0 unspecified atom stereocenters. The van der Waals surface area contributed by atoms with Crippen molar-refractivity contribution in [1.82, 2.24) is 0 Å². The number of hydrogen-bond donors (Lipinski definition) is 0. The molecule has 1 aromatic heterocycles. The number of aldehydes is 1. The van der Waals surface area contributed by atoms with Gasteiger partial charge in [-0.2, -0.15) is 0 Å². The Bertz CT molecular complexity index is 671. The van der Waals surface area contributed by atoms with E-state index < -0.39 is 0 Å². The van der Waals surface area contributed by atoms with E-state index in [1.807, 2.05) is 19.9 Å². The van der Waals surface area contributed by atoms with Gasteiger partial charge in [-0.3, -0.25) is 4.79 Å². The topological polar surface area (TPSA) is 59.8 Å². The minimum atomic E-state index is -0.381. The molecule has 2 rings (SSSR count). The van der Waals surface area contributed by atoms with Crippen LogP contribution in [0.1, 0.15) is 34.8 Å². The number of rotatable bonds is 6. The van der Waals surface area contributed by atoms with Gasteiger partial charge in [-0.15, -0.1) is 0 Å². The normalized spacial score (nSPS) is 10.3. The fourth-order valence-corrected chi connectivity index (χ4v) is 2.37. The molecule has 0 atom stereocenters. The zero-order chi connectivity index (χ0) is 16.1. The minimum absolute atomic E-state index is 0.276. The molecular weight excluding hydrogens is 282 g/mol. The molecular formula is C17H19NO4. The van der Waals surface area contributed by atoms with Crippen molar-refractivity contribution in [2.45, 2.75) is 13.8 Å². The monoisotopic (exact) mass is 301 g/mol. The van der Waals surface area contributed by atoms with E-state index in [0.29, 0.717) is 17.6 Å². The molecule has 5 heteroatoms. The van der Waals surface area contributed by atoms with Crippen LogP contribution in [-0.4, -0.2) is 32.5 Å². The zero-order valence-corrected chi connectivity index (χ0v) is 13.0. The molecule has 0 aliphatic carbocycles. The maximum absolute atomic E-state index is 11.8. The molecule has 22 heavy (non-hydrogen) atoms. The Kier molecular flexibility index (Phi) is 4.99. The second-order valence-corrected chi connectivity index (χ2v) is 4.72. The molecule has 5 nitrogen and oxygen atoms in total. The molecule has 0 aliphatic heterocycles. The third kappa shape index (κ3) is 3.03. The molecule has 0 N–H and O–H groups in total. The van der Waals surface area contributed by atoms with Gasteiger partial charge in [0.15, 0.2) is 12.0 Å². The first-order valence-corrected chi connectivity index (χ1v) is 7.17. The lowest BCUT2D eigenvalue weighted by atomic mass is 10.1. The molecule has 0 spiro atoms. The van der Waals surface area contributed by atoms with Crippen LogP contribution in [0.5, 0.6) is 0 Å². The average Bonchev–Trinajstić information content (AvgIpc) is 3.04. The summed E-state index contributed by atoms with van der Waals surface area (Å²) >= 11 is 0. The van der Waals surface area contributed by atoms with Crippen LogP contribution in [0.2, 0.25) is 0 Å². The molecule has 0 saturated carbocycles. The van der Waals surface area contributed by atoms with E-state index in [2.05, 4.69) is 4.90 Å². The van der Waals surface area contributed by atoms with Crippen molar-refractivity contribution in [2.24, 2.45) is 0 Å². The Balaban J connectivity index is 2.56. The van der Waals surface area contributed by atoms with Crippen molar-refractivity contribution < 1.29 is 18.7 Å². The molecule has 0 fully saturated rings. The molecule has 0 radical (unpaired) electrons. The molecule has 0 amide bonds. The van der Waals surface area contributed by atoms with Gasteiger partial charge in [0.25, 0.3) is 0 Å². The van der Waals surface area contributed by atoms with Gasteiger partial charge in [0.2, 0.25) is 0 Å². The number of methoxy groups -OCH3 is 1. The summed E-state index contributed by atoms with van der Waals surface area (Å²) in [5.41, 5.74) is 2.19. The van der Waals surface area contributed by atoms with Gasteiger partial charge < -0.3 is 14.1 Å². The van der Waals surface area contributed by atoms with Crippen LogP contribution in [-0.2, 0) is 4.74 Å². The van der Waals surface area contributed by atoms with Crippen LogP contribution < -0.4 is 4.90 Å². The number of esters is 1. The van der Waals surface area contributed by atoms with Gasteiger partial charge in [-0.05, 0) is 44.2 Å². The summed E-state index contributed by atoms with van der Waals surface area (Å²) < 4.78 is 10.3. The third-order valence-corrected chi connectivity index (χ3v) is 3.53. The fraction of sp³-hybridized carbons (Fsp3) is 0.294. The van der Waals surface area contributed by atoms with E-state index in [-0.39, 0.29) is 11.7 Å². The second-order valence-electron chi connectivity index (χ2n) is 4.72. The molecule has 2 aromatic rings. The van der Waals surface area contributed by atoms with Crippen LogP contribution in [0.3, 0.4) is 0 Å². The van der Waals surface area contributed by atoms with Crippen molar-refractivity contribution in [2.75, 3.05) is 25.1 Å². The number of furan rings is 1. The number of anilines is 1. The number of nitrogens with zero attached hydrogens (tertiary/aromatic N) is 1. The molecule has 0 saturated heterocycles. The van der Waals surface area contributed by atoms with Crippen molar-refractivity contribution in [3.63, 3.8) is 0 Å². The van der Waals surface area contributed by atoms with E-state index in [4.69, 9.17) is 9.15 Å². The number of carbonyl (C=O) groups excluding carboxylic acids is 2. The first-order valence-electron chi connectivity index (χ1n) is 7.17. The number of hydrogen-bond acceptors (Lipinski definition) is 5. The summed E-state index contributed by atoms with van der Waals surface area (Å²) in [6, 6.07) is 8.67. The van der Waals surface area contributed by atoms with Crippen LogP contribution in [0.15, 0.2) is 34.7 Å². The highest BCUT2D eigenvalue weighted by Crippen LogP contribution is 2.33. The van der Waals surface area contributed by atoms with Crippen molar-refractivity contribution in [3.05, 3.63) is 41.7 Å². The number of benzene rings is 1. The predicted octanol–water partition coefficient (Wildman–Crippen LogP) is 3.39. The maximum atomic E-state index is 11.8. The van der Waals surface area contributed by atoms with Crippen LogP contribution in [0.25, 0.3) is 11.3 Å². The van der Waals surface area contributed by atoms with Gasteiger partial charge >= 0.3 is 5.97 Å². The maximum Gasteiger partial charge on any atom is 0.337 e. The number of ether oxygens (including phenoxy) is 1. The largest absolute Gasteiger partial charge is 0.465 e. The van der Waals surface area contributed by atoms with Crippen LogP contribution >= 0.6 is 0 Å².